The Labute approximate surface area is 139 Å². The van der Waals surface area contributed by atoms with E-state index < -0.39 is 0 Å². The van der Waals surface area contributed by atoms with E-state index in [0.717, 1.165) is 21.0 Å². The quantitative estimate of drug-likeness (QED) is 0.761. The molecule has 1 N–H and O–H groups in total. The smallest absolute Gasteiger partial charge is 0.175 e. The van der Waals surface area contributed by atoms with E-state index in [1.54, 1.807) is 34.9 Å². The number of nitrogens with one attached hydrogen (secondary N) is 1. The highest BCUT2D eigenvalue weighted by molar-refractivity contribution is 8.02. The number of aromatic nitrogens is 2. The lowest BCUT2D eigenvalue weighted by molar-refractivity contribution is 0.603. The van der Waals surface area contributed by atoms with Crippen LogP contribution in [0.3, 0.4) is 0 Å². The summed E-state index contributed by atoms with van der Waals surface area (Å²) >= 11 is 5.10. The van der Waals surface area contributed by atoms with Crippen molar-refractivity contribution in [2.75, 3.05) is 18.6 Å². The van der Waals surface area contributed by atoms with Gasteiger partial charge in [-0.05, 0) is 37.8 Å². The van der Waals surface area contributed by atoms with Gasteiger partial charge in [0.2, 0.25) is 0 Å². The van der Waals surface area contributed by atoms with Crippen molar-refractivity contribution in [2.24, 2.45) is 0 Å². The van der Waals surface area contributed by atoms with Crippen LogP contribution in [0.1, 0.15) is 29.7 Å². The summed E-state index contributed by atoms with van der Waals surface area (Å²) in [5, 5.41) is 12.0. The van der Waals surface area contributed by atoms with Crippen LogP contribution >= 0.6 is 34.9 Å². The molecule has 0 saturated heterocycles. The molecule has 1 heterocycles. The topological polar surface area (TPSA) is 37.8 Å². The van der Waals surface area contributed by atoms with E-state index in [1.165, 1.54) is 16.7 Å². The largest absolute Gasteiger partial charge is 0.309 e. The second kappa shape index (κ2) is 8.17. The van der Waals surface area contributed by atoms with Gasteiger partial charge in [-0.3, -0.25) is 0 Å². The number of hydrogen-bond acceptors (Lipinski definition) is 6. The molecular formula is C15H21N3S3. The lowest BCUT2D eigenvalue weighted by Crippen LogP contribution is -2.23. The first kappa shape index (κ1) is 16.8. The molecule has 1 aromatic heterocycles. The highest BCUT2D eigenvalue weighted by Gasteiger charge is 2.15. The molecule has 3 nitrogen and oxygen atoms in total. The van der Waals surface area contributed by atoms with Crippen molar-refractivity contribution in [1.29, 1.82) is 0 Å². The Morgan fingerprint density at radius 2 is 2.00 bits per heavy atom. The lowest BCUT2D eigenvalue weighted by Gasteiger charge is -2.20. The van der Waals surface area contributed by atoms with E-state index in [4.69, 9.17) is 0 Å². The van der Waals surface area contributed by atoms with Gasteiger partial charge in [-0.2, -0.15) is 0 Å². The fraction of sp³-hybridized carbons (Fsp3) is 0.467. The molecule has 0 spiro atoms. The Bertz CT molecular complexity index is 583. The average Bonchev–Trinajstić information content (AvgIpc) is 2.92. The van der Waals surface area contributed by atoms with Gasteiger partial charge in [0, 0.05) is 11.8 Å². The molecule has 0 aliphatic carbocycles. The molecule has 0 aliphatic heterocycles. The molecule has 6 heteroatoms. The van der Waals surface area contributed by atoms with Gasteiger partial charge in [0.25, 0.3) is 0 Å². The summed E-state index contributed by atoms with van der Waals surface area (Å²) in [5.41, 5.74) is 4.04. The Hall–Kier alpha value is -0.560. The van der Waals surface area contributed by atoms with Crippen LogP contribution < -0.4 is 5.32 Å². The molecule has 0 bridgehead atoms. The summed E-state index contributed by atoms with van der Waals surface area (Å²) < 4.78 is 2.08. The van der Waals surface area contributed by atoms with Crippen LogP contribution in [-0.4, -0.2) is 28.8 Å². The standard InChI is InChI=1S/C15H21N3S3/c1-5-16-13(12-7-6-10(2)8-11(12)3)9-20-15-18-17-14(19-4)21-15/h6-8,13,16H,5,9H2,1-4H3. The van der Waals surface area contributed by atoms with E-state index >= 15 is 0 Å². The van der Waals surface area contributed by atoms with Gasteiger partial charge in [-0.25, -0.2) is 0 Å². The van der Waals surface area contributed by atoms with Crippen molar-refractivity contribution >= 4 is 34.9 Å². The summed E-state index contributed by atoms with van der Waals surface area (Å²) in [4.78, 5) is 0. The lowest BCUT2D eigenvalue weighted by atomic mass is 10.0. The van der Waals surface area contributed by atoms with Gasteiger partial charge in [0.15, 0.2) is 8.68 Å². The van der Waals surface area contributed by atoms with E-state index in [2.05, 4.69) is 54.5 Å². The van der Waals surface area contributed by atoms with E-state index in [-0.39, 0.29) is 0 Å². The first-order valence-electron chi connectivity index (χ1n) is 6.94. The third-order valence-corrected chi connectivity index (χ3v) is 6.31. The molecule has 1 aromatic carbocycles. The van der Waals surface area contributed by atoms with Gasteiger partial charge in [-0.1, -0.05) is 65.5 Å². The number of aryl methyl sites for hydroxylation is 2. The number of hydrogen-bond donors (Lipinski definition) is 1. The third kappa shape index (κ3) is 4.71. The van der Waals surface area contributed by atoms with Crippen molar-refractivity contribution in [3.8, 4) is 0 Å². The summed E-state index contributed by atoms with van der Waals surface area (Å²) in [5.74, 6) is 0.973. The Morgan fingerprint density at radius 3 is 2.62 bits per heavy atom. The van der Waals surface area contributed by atoms with Gasteiger partial charge in [-0.15, -0.1) is 10.2 Å². The first-order valence-corrected chi connectivity index (χ1v) is 9.97. The number of thioether (sulfide) groups is 2. The van der Waals surface area contributed by atoms with Crippen LogP contribution in [0.25, 0.3) is 0 Å². The minimum Gasteiger partial charge on any atom is -0.309 e. The second-order valence-corrected chi connectivity index (χ2v) is 8.12. The van der Waals surface area contributed by atoms with Crippen molar-refractivity contribution in [3.05, 3.63) is 34.9 Å². The number of nitrogens with zero attached hydrogens (tertiary/aromatic N) is 2. The molecule has 114 valence electrons. The summed E-state index contributed by atoms with van der Waals surface area (Å²) in [6.45, 7) is 7.44. The Kier molecular flexibility index (Phi) is 6.54. The number of benzene rings is 1. The molecule has 0 radical (unpaired) electrons. The van der Waals surface area contributed by atoms with Crippen LogP contribution in [0.4, 0.5) is 0 Å². The molecule has 1 atom stereocenters. The Morgan fingerprint density at radius 1 is 1.24 bits per heavy atom. The molecule has 0 saturated carbocycles. The van der Waals surface area contributed by atoms with Gasteiger partial charge in [0.05, 0.1) is 0 Å². The maximum Gasteiger partial charge on any atom is 0.175 e. The van der Waals surface area contributed by atoms with Crippen LogP contribution in [0.2, 0.25) is 0 Å². The zero-order valence-electron chi connectivity index (χ0n) is 12.8. The molecule has 21 heavy (non-hydrogen) atoms. The summed E-state index contributed by atoms with van der Waals surface area (Å²) in [7, 11) is 0. The monoisotopic (exact) mass is 339 g/mol. The highest BCUT2D eigenvalue weighted by atomic mass is 32.2. The average molecular weight is 340 g/mol. The highest BCUT2D eigenvalue weighted by Crippen LogP contribution is 2.31. The zero-order valence-corrected chi connectivity index (χ0v) is 15.3. The molecule has 2 aromatic rings. The van der Waals surface area contributed by atoms with E-state index in [1.807, 2.05) is 6.26 Å². The molecule has 1 unspecified atom stereocenters. The SMILES string of the molecule is CCNC(CSc1nnc(SC)s1)c1ccc(C)cc1C. The zero-order chi connectivity index (χ0) is 15.2. The normalized spacial score (nSPS) is 12.6. The van der Waals surface area contributed by atoms with E-state index in [9.17, 15) is 0 Å². The fourth-order valence-corrected chi connectivity index (χ4v) is 4.76. The van der Waals surface area contributed by atoms with Gasteiger partial charge >= 0.3 is 0 Å². The molecular weight excluding hydrogens is 318 g/mol. The third-order valence-electron chi connectivity index (χ3n) is 3.19. The van der Waals surface area contributed by atoms with Gasteiger partial charge in [0.1, 0.15) is 0 Å². The first-order chi connectivity index (χ1) is 10.1. The maximum absolute atomic E-state index is 4.23. The Balaban J connectivity index is 2.07. The van der Waals surface area contributed by atoms with Crippen LogP contribution in [-0.2, 0) is 0 Å². The van der Waals surface area contributed by atoms with Crippen LogP contribution in [0.15, 0.2) is 26.9 Å². The summed E-state index contributed by atoms with van der Waals surface area (Å²) in [6.07, 6.45) is 2.03. The maximum atomic E-state index is 4.23. The minimum atomic E-state index is 0.349. The van der Waals surface area contributed by atoms with Crippen molar-refractivity contribution in [2.45, 2.75) is 35.5 Å². The summed E-state index contributed by atoms with van der Waals surface area (Å²) in [6, 6.07) is 7.03. The molecule has 2 rings (SSSR count). The van der Waals surface area contributed by atoms with Crippen molar-refractivity contribution < 1.29 is 0 Å². The van der Waals surface area contributed by atoms with Crippen LogP contribution in [0, 0.1) is 13.8 Å². The molecule has 0 amide bonds. The molecule has 0 fully saturated rings. The van der Waals surface area contributed by atoms with E-state index in [0.29, 0.717) is 6.04 Å². The van der Waals surface area contributed by atoms with Crippen LogP contribution in [0.5, 0.6) is 0 Å². The predicted molar refractivity (Wildman–Crippen MR) is 94.7 cm³/mol. The van der Waals surface area contributed by atoms with Crippen molar-refractivity contribution in [1.82, 2.24) is 15.5 Å². The number of rotatable bonds is 7. The van der Waals surface area contributed by atoms with Crippen molar-refractivity contribution in [3.63, 3.8) is 0 Å². The van der Waals surface area contributed by atoms with Gasteiger partial charge < -0.3 is 5.32 Å². The predicted octanol–water partition coefficient (Wildman–Crippen LogP) is 4.32. The molecule has 0 aliphatic rings. The minimum absolute atomic E-state index is 0.349. The second-order valence-electron chi connectivity index (χ2n) is 4.82. The fourth-order valence-electron chi connectivity index (χ4n) is 2.21.